The Morgan fingerprint density at radius 3 is 2.26 bits per heavy atom. The zero-order valence-corrected chi connectivity index (χ0v) is 12.6. The number of nitrogens with one attached hydrogen (secondary N) is 1. The Kier molecular flexibility index (Phi) is 4.27. The summed E-state index contributed by atoms with van der Waals surface area (Å²) in [4.78, 5) is 11.5. The number of hydrogen-bond acceptors (Lipinski definition) is 3. The fraction of sp³-hybridized carbons (Fsp3) is 0.417. The van der Waals surface area contributed by atoms with Crippen LogP contribution in [0.5, 0.6) is 0 Å². The summed E-state index contributed by atoms with van der Waals surface area (Å²) in [6.07, 6.45) is 0. The molecule has 0 atom stereocenters. The van der Waals surface area contributed by atoms with Crippen LogP contribution in [0.3, 0.4) is 0 Å². The molecule has 0 aliphatic carbocycles. The molecule has 1 rings (SSSR count). The molecule has 7 heteroatoms. The van der Waals surface area contributed by atoms with Gasteiger partial charge in [0.25, 0.3) is 15.0 Å². The molecule has 0 bridgehead atoms. The highest BCUT2D eigenvalue weighted by Crippen LogP contribution is 2.24. The van der Waals surface area contributed by atoms with Gasteiger partial charge >= 0.3 is 0 Å². The highest BCUT2D eigenvalue weighted by molar-refractivity contribution is 8.13. The van der Waals surface area contributed by atoms with E-state index in [0.717, 1.165) is 12.1 Å². The average molecular weight is 308 g/mol. The number of halogens is 2. The molecule has 0 aliphatic heterocycles. The van der Waals surface area contributed by atoms with Crippen LogP contribution in [-0.2, 0) is 9.05 Å². The van der Waals surface area contributed by atoms with Gasteiger partial charge in [-0.1, -0.05) is 0 Å². The molecule has 0 unspecified atom stereocenters. The van der Waals surface area contributed by atoms with Crippen LogP contribution in [0, 0.1) is 12.7 Å². The molecular formula is C12H15ClFNO3S. The molecule has 0 heterocycles. The van der Waals surface area contributed by atoms with Gasteiger partial charge in [-0.25, -0.2) is 12.8 Å². The van der Waals surface area contributed by atoms with Crippen molar-refractivity contribution in [3.63, 3.8) is 0 Å². The average Bonchev–Trinajstić information content (AvgIpc) is 2.17. The molecule has 1 aromatic carbocycles. The lowest BCUT2D eigenvalue weighted by Crippen LogP contribution is -2.40. The summed E-state index contributed by atoms with van der Waals surface area (Å²) in [6, 6.07) is 2.06. The molecule has 0 aromatic heterocycles. The fourth-order valence-electron chi connectivity index (χ4n) is 1.45. The molecule has 1 N–H and O–H groups in total. The summed E-state index contributed by atoms with van der Waals surface area (Å²) in [5.41, 5.74) is -0.710. The maximum absolute atomic E-state index is 13.7. The van der Waals surface area contributed by atoms with Crippen molar-refractivity contribution in [2.75, 3.05) is 0 Å². The molecule has 0 fully saturated rings. The third kappa shape index (κ3) is 4.18. The van der Waals surface area contributed by atoms with E-state index in [2.05, 4.69) is 5.32 Å². The molecular weight excluding hydrogens is 293 g/mol. The lowest BCUT2D eigenvalue weighted by Gasteiger charge is -2.20. The van der Waals surface area contributed by atoms with E-state index in [1.807, 2.05) is 0 Å². The van der Waals surface area contributed by atoms with Crippen molar-refractivity contribution in [2.45, 2.75) is 38.1 Å². The second-order valence-corrected chi connectivity index (χ2v) is 7.76. The van der Waals surface area contributed by atoms with Crippen molar-refractivity contribution in [1.82, 2.24) is 5.32 Å². The van der Waals surface area contributed by atoms with Crippen molar-refractivity contribution in [2.24, 2.45) is 0 Å². The first kappa shape index (κ1) is 15.9. The van der Waals surface area contributed by atoms with Gasteiger partial charge in [0.15, 0.2) is 0 Å². The van der Waals surface area contributed by atoms with Gasteiger partial charge in [0.2, 0.25) is 0 Å². The number of amides is 1. The third-order valence-electron chi connectivity index (χ3n) is 2.31. The van der Waals surface area contributed by atoms with Crippen LogP contribution in [0.15, 0.2) is 17.0 Å². The number of rotatable bonds is 2. The largest absolute Gasteiger partial charge is 0.347 e. The van der Waals surface area contributed by atoms with Crippen LogP contribution < -0.4 is 5.32 Å². The van der Waals surface area contributed by atoms with E-state index >= 15 is 0 Å². The summed E-state index contributed by atoms with van der Waals surface area (Å²) in [5.74, 6) is -1.35. The quantitative estimate of drug-likeness (QED) is 0.854. The highest BCUT2D eigenvalue weighted by atomic mass is 35.7. The summed E-state index contributed by atoms with van der Waals surface area (Å²) in [5, 5.41) is 2.62. The zero-order valence-electron chi connectivity index (χ0n) is 11.0. The summed E-state index contributed by atoms with van der Waals surface area (Å²) < 4.78 is 36.3. The van der Waals surface area contributed by atoms with Gasteiger partial charge in [-0.2, -0.15) is 0 Å². The van der Waals surface area contributed by atoms with E-state index in [9.17, 15) is 17.6 Å². The topological polar surface area (TPSA) is 63.2 Å². The number of hydrogen-bond donors (Lipinski definition) is 1. The first-order chi connectivity index (χ1) is 8.42. The minimum absolute atomic E-state index is 0.0859. The van der Waals surface area contributed by atoms with E-state index in [1.165, 1.54) is 6.92 Å². The van der Waals surface area contributed by atoms with Gasteiger partial charge in [0.1, 0.15) is 5.82 Å². The van der Waals surface area contributed by atoms with Crippen LogP contribution in [0.25, 0.3) is 0 Å². The van der Waals surface area contributed by atoms with Gasteiger partial charge in [0.05, 0.1) is 4.90 Å². The van der Waals surface area contributed by atoms with Gasteiger partial charge < -0.3 is 5.32 Å². The van der Waals surface area contributed by atoms with E-state index in [-0.39, 0.29) is 11.1 Å². The molecule has 1 amide bonds. The molecule has 4 nitrogen and oxygen atoms in total. The predicted octanol–water partition coefficient (Wildman–Crippen LogP) is 2.59. The van der Waals surface area contributed by atoms with E-state index in [1.54, 1.807) is 20.8 Å². The molecule has 0 saturated heterocycles. The van der Waals surface area contributed by atoms with Crippen molar-refractivity contribution in [3.8, 4) is 0 Å². The molecule has 19 heavy (non-hydrogen) atoms. The monoisotopic (exact) mass is 307 g/mol. The smallest absolute Gasteiger partial charge is 0.261 e. The number of carbonyl (C=O) groups excluding carboxylic acids is 1. The van der Waals surface area contributed by atoms with E-state index in [0.29, 0.717) is 0 Å². The van der Waals surface area contributed by atoms with E-state index in [4.69, 9.17) is 10.7 Å². The molecule has 0 radical (unpaired) electrons. The Bertz CT molecular complexity index is 621. The van der Waals surface area contributed by atoms with Gasteiger partial charge in [-0.05, 0) is 39.8 Å². The van der Waals surface area contributed by atoms with Crippen LogP contribution in [0.2, 0.25) is 0 Å². The number of carbonyl (C=O) groups is 1. The fourth-order valence-corrected chi connectivity index (χ4v) is 2.66. The lowest BCUT2D eigenvalue weighted by molar-refractivity contribution is 0.0919. The SMILES string of the molecule is Cc1c(F)cc(C(=O)NC(C)(C)C)cc1S(=O)(=O)Cl. The standard InChI is InChI=1S/C12H15ClFNO3S/c1-7-9(14)5-8(6-10(7)19(13,17)18)11(16)15-12(2,3)4/h5-6H,1-4H3,(H,15,16). The second-order valence-electron chi connectivity index (χ2n) is 5.22. The zero-order chi connectivity index (χ0) is 15.0. The maximum atomic E-state index is 13.7. The Morgan fingerprint density at radius 1 is 1.32 bits per heavy atom. The van der Waals surface area contributed by atoms with Crippen LogP contribution in [-0.4, -0.2) is 19.9 Å². The minimum atomic E-state index is -4.10. The summed E-state index contributed by atoms with van der Waals surface area (Å²) >= 11 is 0. The Balaban J connectivity index is 3.33. The Morgan fingerprint density at radius 2 is 1.84 bits per heavy atom. The molecule has 0 saturated carbocycles. The highest BCUT2D eigenvalue weighted by Gasteiger charge is 2.22. The van der Waals surface area contributed by atoms with Gasteiger partial charge in [-0.15, -0.1) is 0 Å². The summed E-state index contributed by atoms with van der Waals surface area (Å²) in [6.45, 7) is 6.56. The molecule has 0 aliphatic rings. The summed E-state index contributed by atoms with van der Waals surface area (Å²) in [7, 11) is 1.12. The minimum Gasteiger partial charge on any atom is -0.347 e. The maximum Gasteiger partial charge on any atom is 0.261 e. The van der Waals surface area contributed by atoms with Crippen molar-refractivity contribution in [1.29, 1.82) is 0 Å². The normalized spacial score (nSPS) is 12.3. The van der Waals surface area contributed by atoms with Crippen LogP contribution in [0.1, 0.15) is 36.7 Å². The Labute approximate surface area is 116 Å². The molecule has 0 spiro atoms. The van der Waals surface area contributed by atoms with Gasteiger partial charge in [0, 0.05) is 27.3 Å². The van der Waals surface area contributed by atoms with Gasteiger partial charge in [-0.3, -0.25) is 4.79 Å². The van der Waals surface area contributed by atoms with E-state index < -0.39 is 31.2 Å². The first-order valence-electron chi connectivity index (χ1n) is 5.49. The Hall–Kier alpha value is -1.14. The van der Waals surface area contributed by atoms with Crippen molar-refractivity contribution in [3.05, 3.63) is 29.1 Å². The molecule has 106 valence electrons. The molecule has 1 aromatic rings. The second kappa shape index (κ2) is 5.09. The third-order valence-corrected chi connectivity index (χ3v) is 3.76. The lowest BCUT2D eigenvalue weighted by atomic mass is 10.1. The number of benzene rings is 1. The van der Waals surface area contributed by atoms with Crippen molar-refractivity contribution < 1.29 is 17.6 Å². The first-order valence-corrected chi connectivity index (χ1v) is 7.80. The van der Waals surface area contributed by atoms with Crippen LogP contribution >= 0.6 is 10.7 Å². The predicted molar refractivity (Wildman–Crippen MR) is 71.4 cm³/mol. The van der Waals surface area contributed by atoms with Crippen LogP contribution in [0.4, 0.5) is 4.39 Å². The van der Waals surface area contributed by atoms with Crippen molar-refractivity contribution >= 4 is 25.6 Å².